The molecule has 2 heterocycles. The molecule has 26 heavy (non-hydrogen) atoms. The molecule has 1 aromatic carbocycles. The van der Waals surface area contributed by atoms with Gasteiger partial charge >= 0.3 is 0 Å². The summed E-state index contributed by atoms with van der Waals surface area (Å²) in [6.07, 6.45) is 1.81. The Kier molecular flexibility index (Phi) is 5.59. The fourth-order valence-corrected chi connectivity index (χ4v) is 5.35. The fourth-order valence-electron chi connectivity index (χ4n) is 3.08. The van der Waals surface area contributed by atoms with Crippen LogP contribution < -0.4 is 5.32 Å². The van der Waals surface area contributed by atoms with Crippen molar-refractivity contribution in [3.63, 3.8) is 0 Å². The van der Waals surface area contributed by atoms with Crippen molar-refractivity contribution in [2.45, 2.75) is 31.2 Å². The van der Waals surface area contributed by atoms with Gasteiger partial charge in [-0.15, -0.1) is 11.3 Å². The van der Waals surface area contributed by atoms with Gasteiger partial charge in [-0.1, -0.05) is 13.0 Å². The number of rotatable bonds is 6. The SMILES string of the molecule is C[C@H]1CCCN(S(=O)(=O)c2ccc(NCc3cccs3)c([N+](=O)[O-])c2)C1. The molecule has 0 saturated carbocycles. The zero-order valence-electron chi connectivity index (χ0n) is 14.4. The normalized spacial score (nSPS) is 18.6. The molecule has 0 unspecified atom stereocenters. The maximum absolute atomic E-state index is 12.8. The first-order valence-corrected chi connectivity index (χ1v) is 10.7. The number of anilines is 1. The van der Waals surface area contributed by atoms with Crippen LogP contribution in [0.2, 0.25) is 0 Å². The van der Waals surface area contributed by atoms with Crippen molar-refractivity contribution in [3.05, 3.63) is 50.7 Å². The number of hydrogen-bond acceptors (Lipinski definition) is 6. The quantitative estimate of drug-likeness (QED) is 0.595. The maximum Gasteiger partial charge on any atom is 0.293 e. The molecule has 1 atom stereocenters. The number of nitrogens with one attached hydrogen (secondary N) is 1. The molecule has 1 fully saturated rings. The smallest absolute Gasteiger partial charge is 0.293 e. The Hall–Kier alpha value is -1.97. The standard InChI is InChI=1S/C17H21N3O4S2/c1-13-4-2-8-19(12-13)26(23,24)15-6-7-16(17(10-15)20(21)22)18-11-14-5-3-9-25-14/h3,5-7,9-10,13,18H,2,4,8,11-12H2,1H3/t13-/m0/s1. The second-order valence-electron chi connectivity index (χ2n) is 6.48. The summed E-state index contributed by atoms with van der Waals surface area (Å²) in [5, 5.41) is 16.4. The van der Waals surface area contributed by atoms with Crippen LogP contribution in [-0.2, 0) is 16.6 Å². The Morgan fingerprint density at radius 3 is 2.85 bits per heavy atom. The summed E-state index contributed by atoms with van der Waals surface area (Å²) in [6, 6.07) is 7.92. The van der Waals surface area contributed by atoms with Gasteiger partial charge in [-0.3, -0.25) is 10.1 Å². The van der Waals surface area contributed by atoms with Gasteiger partial charge in [0.2, 0.25) is 10.0 Å². The van der Waals surface area contributed by atoms with E-state index in [4.69, 9.17) is 0 Å². The summed E-state index contributed by atoms with van der Waals surface area (Å²) >= 11 is 1.55. The first-order chi connectivity index (χ1) is 12.4. The highest BCUT2D eigenvalue weighted by Crippen LogP contribution is 2.31. The van der Waals surface area contributed by atoms with Crippen LogP contribution in [0.4, 0.5) is 11.4 Å². The first-order valence-electron chi connectivity index (χ1n) is 8.43. The van der Waals surface area contributed by atoms with Crippen LogP contribution >= 0.6 is 11.3 Å². The highest BCUT2D eigenvalue weighted by Gasteiger charge is 2.30. The van der Waals surface area contributed by atoms with E-state index in [1.54, 1.807) is 11.3 Å². The van der Waals surface area contributed by atoms with Gasteiger partial charge in [-0.2, -0.15) is 4.31 Å². The molecule has 0 bridgehead atoms. The van der Waals surface area contributed by atoms with Crippen molar-refractivity contribution >= 4 is 32.7 Å². The minimum absolute atomic E-state index is 0.0278. The molecule has 1 saturated heterocycles. The summed E-state index contributed by atoms with van der Waals surface area (Å²) in [6.45, 7) is 3.38. The first kappa shape index (κ1) is 18.8. The number of nitro groups is 1. The molecule has 1 aromatic heterocycles. The molecule has 140 valence electrons. The summed E-state index contributed by atoms with van der Waals surface area (Å²) in [5.41, 5.74) is 0.0852. The fraction of sp³-hybridized carbons (Fsp3) is 0.412. The van der Waals surface area contributed by atoms with Gasteiger partial charge in [0.15, 0.2) is 0 Å². The molecule has 9 heteroatoms. The predicted molar refractivity (Wildman–Crippen MR) is 102 cm³/mol. The third-order valence-electron chi connectivity index (χ3n) is 4.46. The van der Waals surface area contributed by atoms with Crippen LogP contribution in [0.5, 0.6) is 0 Å². The van der Waals surface area contributed by atoms with E-state index in [0.717, 1.165) is 23.8 Å². The largest absolute Gasteiger partial charge is 0.375 e. The maximum atomic E-state index is 12.8. The van der Waals surface area contributed by atoms with Crippen molar-refractivity contribution in [1.82, 2.24) is 4.31 Å². The molecule has 2 aromatic rings. The Morgan fingerprint density at radius 1 is 1.38 bits per heavy atom. The molecule has 3 rings (SSSR count). The van der Waals surface area contributed by atoms with Gasteiger partial charge in [0.25, 0.3) is 5.69 Å². The number of hydrogen-bond donors (Lipinski definition) is 1. The molecule has 0 amide bonds. The molecule has 1 N–H and O–H groups in total. The summed E-state index contributed by atoms with van der Waals surface area (Å²) in [7, 11) is -3.72. The minimum Gasteiger partial charge on any atom is -0.375 e. The van der Waals surface area contributed by atoms with Gasteiger partial charge in [0.1, 0.15) is 5.69 Å². The lowest BCUT2D eigenvalue weighted by Crippen LogP contribution is -2.39. The predicted octanol–water partition coefficient (Wildman–Crippen LogP) is 3.69. The van der Waals surface area contributed by atoms with Gasteiger partial charge in [0, 0.05) is 30.6 Å². The van der Waals surface area contributed by atoms with Crippen LogP contribution in [0.1, 0.15) is 24.6 Å². The summed E-state index contributed by atoms with van der Waals surface area (Å²) in [4.78, 5) is 11.9. The number of thiophene rings is 1. The van der Waals surface area contributed by atoms with E-state index >= 15 is 0 Å². The van der Waals surface area contributed by atoms with Crippen molar-refractivity contribution in [2.24, 2.45) is 5.92 Å². The van der Waals surface area contributed by atoms with E-state index in [1.165, 1.54) is 16.4 Å². The second kappa shape index (κ2) is 7.73. The van der Waals surface area contributed by atoms with Crippen LogP contribution in [-0.4, -0.2) is 30.7 Å². The van der Waals surface area contributed by atoms with Gasteiger partial charge in [-0.25, -0.2) is 8.42 Å². The van der Waals surface area contributed by atoms with Crippen LogP contribution in [0.15, 0.2) is 40.6 Å². The Labute approximate surface area is 156 Å². The Bertz CT molecular complexity index is 881. The molecule has 0 radical (unpaired) electrons. The lowest BCUT2D eigenvalue weighted by Gasteiger charge is -2.30. The Balaban J connectivity index is 1.86. The second-order valence-corrected chi connectivity index (χ2v) is 9.45. The number of nitro benzene ring substituents is 1. The van der Waals surface area contributed by atoms with E-state index in [1.807, 2.05) is 24.4 Å². The average molecular weight is 396 g/mol. The third kappa shape index (κ3) is 4.05. The average Bonchev–Trinajstić information content (AvgIpc) is 3.13. The molecule has 7 nitrogen and oxygen atoms in total. The van der Waals surface area contributed by atoms with Crippen LogP contribution in [0.3, 0.4) is 0 Å². The van der Waals surface area contributed by atoms with Crippen LogP contribution in [0, 0.1) is 16.0 Å². The zero-order chi connectivity index (χ0) is 18.7. The minimum atomic E-state index is -3.72. The molecular weight excluding hydrogens is 374 g/mol. The van der Waals surface area contributed by atoms with E-state index in [9.17, 15) is 18.5 Å². The van der Waals surface area contributed by atoms with Crippen molar-refractivity contribution < 1.29 is 13.3 Å². The monoisotopic (exact) mass is 395 g/mol. The molecule has 0 spiro atoms. The van der Waals surface area contributed by atoms with Crippen molar-refractivity contribution in [1.29, 1.82) is 0 Å². The van der Waals surface area contributed by atoms with E-state index in [0.29, 0.717) is 31.2 Å². The van der Waals surface area contributed by atoms with E-state index < -0.39 is 14.9 Å². The molecule has 0 aliphatic carbocycles. The van der Waals surface area contributed by atoms with Crippen LogP contribution in [0.25, 0.3) is 0 Å². The summed E-state index contributed by atoms with van der Waals surface area (Å²) < 4.78 is 27.1. The molecule has 1 aliphatic heterocycles. The van der Waals surface area contributed by atoms with E-state index in [-0.39, 0.29) is 10.6 Å². The number of sulfonamides is 1. The van der Waals surface area contributed by atoms with E-state index in [2.05, 4.69) is 5.32 Å². The summed E-state index contributed by atoms with van der Waals surface area (Å²) in [5.74, 6) is 0.292. The number of piperidine rings is 1. The molecular formula is C17H21N3O4S2. The van der Waals surface area contributed by atoms with Crippen molar-refractivity contribution in [3.8, 4) is 0 Å². The topological polar surface area (TPSA) is 92.6 Å². The third-order valence-corrected chi connectivity index (χ3v) is 7.19. The lowest BCUT2D eigenvalue weighted by molar-refractivity contribution is -0.384. The zero-order valence-corrected chi connectivity index (χ0v) is 16.1. The van der Waals surface area contributed by atoms with Gasteiger partial charge in [-0.05, 0) is 42.3 Å². The number of nitrogens with zero attached hydrogens (tertiary/aromatic N) is 2. The Morgan fingerprint density at radius 2 is 2.19 bits per heavy atom. The molecule has 1 aliphatic rings. The van der Waals surface area contributed by atoms with Gasteiger partial charge in [0.05, 0.1) is 9.82 Å². The highest BCUT2D eigenvalue weighted by molar-refractivity contribution is 7.89. The number of benzene rings is 1. The van der Waals surface area contributed by atoms with Crippen molar-refractivity contribution in [2.75, 3.05) is 18.4 Å². The van der Waals surface area contributed by atoms with Gasteiger partial charge < -0.3 is 5.32 Å². The highest BCUT2D eigenvalue weighted by atomic mass is 32.2. The lowest BCUT2D eigenvalue weighted by atomic mass is 10.0.